The summed E-state index contributed by atoms with van der Waals surface area (Å²) in [5, 5.41) is 6.39. The van der Waals surface area contributed by atoms with Crippen LogP contribution in [0.1, 0.15) is 39.2 Å². The Morgan fingerprint density at radius 2 is 2.07 bits per heavy atom. The Morgan fingerprint density at radius 3 is 2.79 bits per heavy atom. The molecule has 0 spiro atoms. The minimum atomic E-state index is -4.57. The number of nitrogens with zero attached hydrogens (tertiary/aromatic N) is 2. The number of carbonyl (C=O) groups is 2. The first-order valence-corrected chi connectivity index (χ1v) is 8.96. The second kappa shape index (κ2) is 6.94. The third kappa shape index (κ3) is 3.57. The zero-order valence-corrected chi connectivity index (χ0v) is 15.3. The molecule has 2 N–H and O–H groups in total. The second-order valence-electron chi connectivity index (χ2n) is 6.92. The number of fused-ring (bicyclic) bond motifs is 2. The number of rotatable bonds is 3. The van der Waals surface area contributed by atoms with Crippen LogP contribution in [0.5, 0.6) is 0 Å². The van der Waals surface area contributed by atoms with Crippen LogP contribution in [0.25, 0.3) is 10.9 Å². The Kier molecular flexibility index (Phi) is 4.56. The van der Waals surface area contributed by atoms with E-state index in [-0.39, 0.29) is 18.1 Å². The van der Waals surface area contributed by atoms with Crippen molar-refractivity contribution in [3.8, 4) is 0 Å². The minimum absolute atomic E-state index is 0.0240. The van der Waals surface area contributed by atoms with Crippen molar-refractivity contribution in [3.63, 3.8) is 0 Å². The van der Waals surface area contributed by atoms with Crippen molar-refractivity contribution in [1.29, 1.82) is 0 Å². The van der Waals surface area contributed by atoms with Crippen LogP contribution in [0.4, 0.5) is 13.2 Å². The highest BCUT2D eigenvalue weighted by molar-refractivity contribution is 5.98. The van der Waals surface area contributed by atoms with Crippen LogP contribution in [0.15, 0.2) is 34.9 Å². The number of hydrogen-bond acceptors (Lipinski definition) is 4. The normalized spacial score (nSPS) is 15.2. The summed E-state index contributed by atoms with van der Waals surface area (Å²) in [4.78, 5) is 29.7. The number of aromatic nitrogens is 2. The first-order valence-electron chi connectivity index (χ1n) is 8.96. The average Bonchev–Trinajstić information content (AvgIpc) is 3.30. The van der Waals surface area contributed by atoms with E-state index in [1.807, 2.05) is 29.6 Å². The zero-order chi connectivity index (χ0) is 20.8. The van der Waals surface area contributed by atoms with Crippen molar-refractivity contribution in [2.45, 2.75) is 32.1 Å². The summed E-state index contributed by atoms with van der Waals surface area (Å²) in [5.41, 5.74) is 1.31. The SMILES string of the molecule is C[C@@H](NC(=O)c1noc2c1CN(C(=O)c1cc3ccccc3[nH]1)CC2)C(F)(F)F. The van der Waals surface area contributed by atoms with Gasteiger partial charge in [-0.2, -0.15) is 13.2 Å². The van der Waals surface area contributed by atoms with Gasteiger partial charge in [-0.1, -0.05) is 23.4 Å². The highest BCUT2D eigenvalue weighted by Gasteiger charge is 2.38. The Morgan fingerprint density at radius 1 is 1.31 bits per heavy atom. The molecule has 1 aromatic carbocycles. The molecule has 0 radical (unpaired) electrons. The summed E-state index contributed by atoms with van der Waals surface area (Å²) >= 11 is 0. The van der Waals surface area contributed by atoms with Crippen molar-refractivity contribution in [2.24, 2.45) is 0 Å². The van der Waals surface area contributed by atoms with Crippen LogP contribution in [0.2, 0.25) is 0 Å². The fraction of sp³-hybridized carbons (Fsp3) is 0.316. The van der Waals surface area contributed by atoms with Gasteiger partial charge in [-0.15, -0.1) is 0 Å². The highest BCUT2D eigenvalue weighted by Crippen LogP contribution is 2.26. The van der Waals surface area contributed by atoms with Gasteiger partial charge in [-0.25, -0.2) is 0 Å². The number of benzene rings is 1. The second-order valence-corrected chi connectivity index (χ2v) is 6.92. The standard InChI is InChI=1S/C19H17F3N4O3/c1-10(19(20,21)22)23-17(27)16-12-9-26(7-6-15(12)29-25-16)18(28)14-8-11-4-2-3-5-13(11)24-14/h2-5,8,10,24H,6-7,9H2,1H3,(H,23,27)/t10-/m1/s1. The van der Waals surface area contributed by atoms with Gasteiger partial charge in [0.2, 0.25) is 0 Å². The van der Waals surface area contributed by atoms with E-state index in [9.17, 15) is 22.8 Å². The van der Waals surface area contributed by atoms with Crippen LogP contribution < -0.4 is 5.32 Å². The molecular formula is C19H17F3N4O3. The lowest BCUT2D eigenvalue weighted by atomic mass is 10.0. The summed E-state index contributed by atoms with van der Waals surface area (Å²) in [6, 6.07) is 7.15. The number of para-hydroxylation sites is 1. The number of halogens is 3. The maximum absolute atomic E-state index is 12.9. The molecule has 0 aliphatic carbocycles. The maximum Gasteiger partial charge on any atom is 0.408 e. The van der Waals surface area contributed by atoms with Crippen molar-refractivity contribution >= 4 is 22.7 Å². The van der Waals surface area contributed by atoms with E-state index in [1.54, 1.807) is 6.07 Å². The van der Waals surface area contributed by atoms with Crippen LogP contribution in [0, 0.1) is 0 Å². The van der Waals surface area contributed by atoms with Crippen LogP contribution in [-0.2, 0) is 13.0 Å². The Labute approximate surface area is 162 Å². The molecule has 1 aliphatic rings. The molecule has 3 aromatic rings. The third-order valence-corrected chi connectivity index (χ3v) is 4.93. The van der Waals surface area contributed by atoms with Gasteiger partial charge in [0.05, 0.1) is 6.54 Å². The number of amides is 2. The molecule has 2 aromatic heterocycles. The largest absolute Gasteiger partial charge is 0.408 e. The summed E-state index contributed by atoms with van der Waals surface area (Å²) < 4.78 is 43.3. The predicted octanol–water partition coefficient (Wildman–Crippen LogP) is 3.04. The van der Waals surface area contributed by atoms with Gasteiger partial charge < -0.3 is 19.7 Å². The molecule has 0 fully saturated rings. The summed E-state index contributed by atoms with van der Waals surface area (Å²) in [6.45, 7) is 1.21. The molecule has 4 rings (SSSR count). The van der Waals surface area contributed by atoms with Crippen molar-refractivity contribution in [3.05, 3.63) is 53.0 Å². The van der Waals surface area contributed by atoms with Gasteiger partial charge in [0.15, 0.2) is 5.69 Å². The molecule has 3 heterocycles. The molecule has 0 saturated carbocycles. The minimum Gasteiger partial charge on any atom is -0.360 e. The van der Waals surface area contributed by atoms with E-state index >= 15 is 0 Å². The Balaban J connectivity index is 1.54. The van der Waals surface area contributed by atoms with Crippen LogP contribution >= 0.6 is 0 Å². The lowest BCUT2D eigenvalue weighted by molar-refractivity contribution is -0.149. The fourth-order valence-electron chi connectivity index (χ4n) is 3.27. The first kappa shape index (κ1) is 19.0. The van der Waals surface area contributed by atoms with E-state index in [4.69, 9.17) is 4.52 Å². The third-order valence-electron chi connectivity index (χ3n) is 4.93. The van der Waals surface area contributed by atoms with Crippen LogP contribution in [-0.4, -0.2) is 45.6 Å². The molecule has 1 atom stereocenters. The van der Waals surface area contributed by atoms with Crippen molar-refractivity contribution < 1.29 is 27.3 Å². The summed E-state index contributed by atoms with van der Waals surface area (Å²) in [6.07, 6.45) is -4.26. The van der Waals surface area contributed by atoms with E-state index in [2.05, 4.69) is 10.1 Å². The topological polar surface area (TPSA) is 91.2 Å². The molecule has 0 unspecified atom stereocenters. The molecule has 152 valence electrons. The molecule has 7 nitrogen and oxygen atoms in total. The van der Waals surface area contributed by atoms with Crippen molar-refractivity contribution in [2.75, 3.05) is 6.54 Å². The Bertz CT molecular complexity index is 1050. The zero-order valence-electron chi connectivity index (χ0n) is 15.3. The molecule has 1 aliphatic heterocycles. The van der Waals surface area contributed by atoms with E-state index < -0.39 is 18.1 Å². The smallest absolute Gasteiger partial charge is 0.360 e. The number of aromatic amines is 1. The lowest BCUT2D eigenvalue weighted by Gasteiger charge is -2.26. The van der Waals surface area contributed by atoms with Gasteiger partial charge in [-0.05, 0) is 19.1 Å². The number of hydrogen-bond donors (Lipinski definition) is 2. The van der Waals surface area contributed by atoms with Crippen LogP contribution in [0.3, 0.4) is 0 Å². The molecular weight excluding hydrogens is 389 g/mol. The summed E-state index contributed by atoms with van der Waals surface area (Å²) in [7, 11) is 0. The van der Waals surface area contributed by atoms with Gasteiger partial charge in [0.25, 0.3) is 11.8 Å². The van der Waals surface area contributed by atoms with Crippen molar-refractivity contribution in [1.82, 2.24) is 20.4 Å². The molecule has 0 saturated heterocycles. The molecule has 10 heteroatoms. The van der Waals surface area contributed by atoms with E-state index in [0.29, 0.717) is 30.0 Å². The van der Waals surface area contributed by atoms with Gasteiger partial charge in [0.1, 0.15) is 17.5 Å². The van der Waals surface area contributed by atoms with Gasteiger partial charge in [0, 0.05) is 29.4 Å². The number of H-pyrrole nitrogens is 1. The number of nitrogens with one attached hydrogen (secondary N) is 2. The van der Waals surface area contributed by atoms with Gasteiger partial charge in [-0.3, -0.25) is 9.59 Å². The maximum atomic E-state index is 12.9. The quantitative estimate of drug-likeness (QED) is 0.700. The van der Waals surface area contributed by atoms with E-state index in [1.165, 1.54) is 4.90 Å². The first-order chi connectivity index (χ1) is 13.7. The Hall–Kier alpha value is -3.30. The fourth-order valence-corrected chi connectivity index (χ4v) is 3.27. The number of alkyl halides is 3. The molecule has 29 heavy (non-hydrogen) atoms. The highest BCUT2D eigenvalue weighted by atomic mass is 19.4. The average molecular weight is 406 g/mol. The van der Waals surface area contributed by atoms with E-state index in [0.717, 1.165) is 17.8 Å². The molecule has 2 amide bonds. The monoisotopic (exact) mass is 406 g/mol. The summed E-state index contributed by atoms with van der Waals surface area (Å²) in [5.74, 6) is -0.863. The lowest BCUT2D eigenvalue weighted by Crippen LogP contribution is -2.44. The predicted molar refractivity (Wildman–Crippen MR) is 96.2 cm³/mol. The molecule has 0 bridgehead atoms. The number of carbonyl (C=O) groups excluding carboxylic acids is 2. The van der Waals surface area contributed by atoms with Gasteiger partial charge >= 0.3 is 6.18 Å².